The van der Waals surface area contributed by atoms with E-state index in [9.17, 15) is 25.2 Å². The van der Waals surface area contributed by atoms with E-state index in [2.05, 4.69) is 38.2 Å². The van der Waals surface area contributed by atoms with Crippen LogP contribution in [0.2, 0.25) is 0 Å². The summed E-state index contributed by atoms with van der Waals surface area (Å²) in [4.78, 5) is 12.9. The second kappa shape index (κ2) is 48.7. The van der Waals surface area contributed by atoms with Gasteiger partial charge < -0.3 is 39.4 Å². The van der Waals surface area contributed by atoms with Crippen molar-refractivity contribution in [2.75, 3.05) is 26.4 Å². The van der Waals surface area contributed by atoms with Crippen molar-refractivity contribution in [2.45, 2.75) is 307 Å². The van der Waals surface area contributed by atoms with Crippen molar-refractivity contribution >= 4 is 5.97 Å². The number of aliphatic hydroxyl groups is 4. The number of hydrogen-bond acceptors (Lipinski definition) is 9. The fourth-order valence-electron chi connectivity index (χ4n) is 8.90. The number of unbranched alkanes of at least 4 members (excludes halogenated alkanes) is 35. The van der Waals surface area contributed by atoms with Crippen molar-refractivity contribution in [3.8, 4) is 0 Å². The highest BCUT2D eigenvalue weighted by atomic mass is 16.7. The number of allylic oxidation sites excluding steroid dienone is 4. The fourth-order valence-corrected chi connectivity index (χ4v) is 8.90. The maximum absolute atomic E-state index is 12.9. The van der Waals surface area contributed by atoms with E-state index in [4.69, 9.17) is 18.9 Å². The Hall–Kier alpha value is -1.33. The van der Waals surface area contributed by atoms with Crippen LogP contribution in [0, 0.1) is 0 Å². The molecule has 0 spiro atoms. The molecule has 66 heavy (non-hydrogen) atoms. The molecule has 9 heteroatoms. The second-order valence-electron chi connectivity index (χ2n) is 19.7. The summed E-state index contributed by atoms with van der Waals surface area (Å²) in [6.07, 6.45) is 52.2. The van der Waals surface area contributed by atoms with E-state index in [1.165, 1.54) is 218 Å². The summed E-state index contributed by atoms with van der Waals surface area (Å²) in [5.41, 5.74) is 0. The number of esters is 1. The molecule has 390 valence electrons. The molecule has 0 radical (unpaired) electrons. The monoisotopic (exact) mass is 937 g/mol. The Morgan fingerprint density at radius 3 is 1.23 bits per heavy atom. The molecule has 0 aliphatic carbocycles. The number of carbonyl (C=O) groups is 1. The fraction of sp³-hybridized carbons (Fsp3) is 0.912. The van der Waals surface area contributed by atoms with E-state index >= 15 is 0 Å². The van der Waals surface area contributed by atoms with Gasteiger partial charge in [-0.1, -0.05) is 224 Å². The first-order valence-electron chi connectivity index (χ1n) is 28.4. The third kappa shape index (κ3) is 38.5. The van der Waals surface area contributed by atoms with E-state index in [0.717, 1.165) is 32.1 Å². The SMILES string of the molecule is CCCCCCCC/C=C\CCCCCCCCCCCC(=O)OC(COCCCCCCCCCCCCCC/C=C\CCCCCCCCCC)COC1OC(CO)C(O)C(O)C1O. The molecule has 1 rings (SSSR count). The Balaban J connectivity index is 2.15. The van der Waals surface area contributed by atoms with Crippen molar-refractivity contribution in [1.82, 2.24) is 0 Å². The summed E-state index contributed by atoms with van der Waals surface area (Å²) in [6, 6.07) is 0. The molecule has 1 aliphatic heterocycles. The molecule has 0 saturated carbocycles. The molecule has 9 nitrogen and oxygen atoms in total. The van der Waals surface area contributed by atoms with Crippen molar-refractivity contribution in [1.29, 1.82) is 0 Å². The zero-order valence-electron chi connectivity index (χ0n) is 43.2. The van der Waals surface area contributed by atoms with E-state index in [1.54, 1.807) is 0 Å². The van der Waals surface area contributed by atoms with E-state index < -0.39 is 43.4 Å². The van der Waals surface area contributed by atoms with Crippen LogP contribution in [0.15, 0.2) is 24.3 Å². The topological polar surface area (TPSA) is 135 Å². The highest BCUT2D eigenvalue weighted by molar-refractivity contribution is 5.69. The number of aliphatic hydroxyl groups excluding tert-OH is 4. The van der Waals surface area contributed by atoms with Crippen LogP contribution in [0.25, 0.3) is 0 Å². The van der Waals surface area contributed by atoms with Gasteiger partial charge in [-0.25, -0.2) is 0 Å². The zero-order chi connectivity index (χ0) is 47.8. The molecule has 0 aromatic heterocycles. The van der Waals surface area contributed by atoms with Crippen LogP contribution >= 0.6 is 0 Å². The van der Waals surface area contributed by atoms with Crippen LogP contribution < -0.4 is 0 Å². The lowest BCUT2D eigenvalue weighted by Gasteiger charge is -2.39. The van der Waals surface area contributed by atoms with E-state index in [-0.39, 0.29) is 19.2 Å². The molecule has 1 fully saturated rings. The van der Waals surface area contributed by atoms with Gasteiger partial charge in [-0.2, -0.15) is 0 Å². The Kier molecular flexibility index (Phi) is 46.2. The summed E-state index contributed by atoms with van der Waals surface area (Å²) in [5, 5.41) is 40.3. The smallest absolute Gasteiger partial charge is 0.306 e. The van der Waals surface area contributed by atoms with Crippen LogP contribution in [0.5, 0.6) is 0 Å². The maximum Gasteiger partial charge on any atom is 0.306 e. The van der Waals surface area contributed by atoms with Gasteiger partial charge in [-0.15, -0.1) is 0 Å². The predicted molar refractivity (Wildman–Crippen MR) is 275 cm³/mol. The largest absolute Gasteiger partial charge is 0.457 e. The molecule has 0 amide bonds. The van der Waals surface area contributed by atoms with Gasteiger partial charge in [0, 0.05) is 13.0 Å². The lowest BCUT2D eigenvalue weighted by molar-refractivity contribution is -0.305. The minimum absolute atomic E-state index is 0.110. The maximum atomic E-state index is 12.9. The van der Waals surface area contributed by atoms with Gasteiger partial charge in [0.25, 0.3) is 0 Å². The van der Waals surface area contributed by atoms with Crippen LogP contribution in [-0.4, -0.2) is 89.6 Å². The van der Waals surface area contributed by atoms with Gasteiger partial charge in [0.05, 0.1) is 19.8 Å². The summed E-state index contributed by atoms with van der Waals surface area (Å²) >= 11 is 0. The summed E-state index contributed by atoms with van der Waals surface area (Å²) < 4.78 is 23.0. The van der Waals surface area contributed by atoms with Crippen LogP contribution in [0.1, 0.15) is 271 Å². The van der Waals surface area contributed by atoms with Crippen molar-refractivity contribution in [2.24, 2.45) is 0 Å². The molecule has 6 unspecified atom stereocenters. The highest BCUT2D eigenvalue weighted by Crippen LogP contribution is 2.23. The number of ether oxygens (including phenoxy) is 4. The van der Waals surface area contributed by atoms with Gasteiger partial charge >= 0.3 is 5.97 Å². The number of carbonyl (C=O) groups excluding carboxylic acids is 1. The number of hydrogen-bond donors (Lipinski definition) is 4. The van der Waals surface area contributed by atoms with Crippen molar-refractivity contribution in [3.63, 3.8) is 0 Å². The first kappa shape index (κ1) is 62.7. The summed E-state index contributed by atoms with van der Waals surface area (Å²) in [5.74, 6) is -0.311. The quantitative estimate of drug-likeness (QED) is 0.0267. The Morgan fingerprint density at radius 1 is 0.470 bits per heavy atom. The second-order valence-corrected chi connectivity index (χ2v) is 19.7. The van der Waals surface area contributed by atoms with E-state index in [1.807, 2.05) is 0 Å². The first-order valence-corrected chi connectivity index (χ1v) is 28.4. The average molecular weight is 937 g/mol. The normalized spacial score (nSPS) is 19.4. The zero-order valence-corrected chi connectivity index (χ0v) is 43.2. The van der Waals surface area contributed by atoms with Crippen LogP contribution in [0.3, 0.4) is 0 Å². The van der Waals surface area contributed by atoms with E-state index in [0.29, 0.717) is 13.0 Å². The highest BCUT2D eigenvalue weighted by Gasteiger charge is 2.44. The standard InChI is InChI=1S/C57H108O9/c1-3-5-7-9-11-13-15-17-19-21-23-24-25-26-27-29-31-33-35-37-39-41-43-45-47-63-49-51(50-64-57-56(62)55(61)54(60)52(48-58)66-57)65-53(59)46-44-42-40-38-36-34-32-30-28-22-20-18-16-14-12-10-8-6-4-2/h18,20-21,23,51-52,54-58,60-62H,3-17,19,22,24-50H2,1-2H3/b20-18-,23-21-. The van der Waals surface area contributed by atoms with Crippen LogP contribution in [-0.2, 0) is 23.7 Å². The lowest BCUT2D eigenvalue weighted by atomic mass is 9.99. The minimum Gasteiger partial charge on any atom is -0.457 e. The Labute approximate surface area is 407 Å². The van der Waals surface area contributed by atoms with Crippen LogP contribution in [0.4, 0.5) is 0 Å². The van der Waals surface area contributed by atoms with Gasteiger partial charge in [-0.05, 0) is 64.2 Å². The van der Waals surface area contributed by atoms with Gasteiger partial charge in [0.1, 0.15) is 30.5 Å². The lowest BCUT2D eigenvalue weighted by Crippen LogP contribution is -2.59. The van der Waals surface area contributed by atoms with Crippen molar-refractivity contribution < 1.29 is 44.2 Å². The first-order chi connectivity index (χ1) is 32.4. The van der Waals surface area contributed by atoms with Gasteiger partial charge in [0.15, 0.2) is 6.29 Å². The summed E-state index contributed by atoms with van der Waals surface area (Å²) in [6.45, 7) is 4.60. The molecule has 0 aromatic carbocycles. The predicted octanol–water partition coefficient (Wildman–Crippen LogP) is 14.5. The molecular formula is C57H108O9. The third-order valence-corrected chi connectivity index (χ3v) is 13.3. The molecule has 1 saturated heterocycles. The average Bonchev–Trinajstić information content (AvgIpc) is 3.32. The van der Waals surface area contributed by atoms with Gasteiger partial charge in [-0.3, -0.25) is 4.79 Å². The Morgan fingerprint density at radius 2 is 0.833 bits per heavy atom. The van der Waals surface area contributed by atoms with Crippen molar-refractivity contribution in [3.05, 3.63) is 24.3 Å². The molecule has 0 bridgehead atoms. The molecular weight excluding hydrogens is 829 g/mol. The van der Waals surface area contributed by atoms with Gasteiger partial charge in [0.2, 0.25) is 0 Å². The molecule has 1 aliphatic rings. The molecule has 1 heterocycles. The molecule has 0 aromatic rings. The molecule has 6 atom stereocenters. The minimum atomic E-state index is -1.54. The number of rotatable bonds is 50. The summed E-state index contributed by atoms with van der Waals surface area (Å²) in [7, 11) is 0. The third-order valence-electron chi connectivity index (χ3n) is 13.3. The molecule has 4 N–H and O–H groups in total. The Bertz CT molecular complexity index is 1070.